The Kier molecular flexibility index (Phi) is 4.27. The van der Waals surface area contributed by atoms with Crippen LogP contribution in [0.5, 0.6) is 0 Å². The lowest BCUT2D eigenvalue weighted by Gasteiger charge is -2.37. The van der Waals surface area contributed by atoms with E-state index in [1.807, 2.05) is 66.6 Å². The van der Waals surface area contributed by atoms with Crippen LogP contribution < -0.4 is 0 Å². The van der Waals surface area contributed by atoms with Crippen LogP contribution in [0.4, 0.5) is 0 Å². The van der Waals surface area contributed by atoms with Gasteiger partial charge in [0.05, 0.1) is 40.4 Å². The summed E-state index contributed by atoms with van der Waals surface area (Å²) in [6.07, 6.45) is 0.0602. The van der Waals surface area contributed by atoms with Gasteiger partial charge in [-0.25, -0.2) is 4.98 Å². The predicted octanol–water partition coefficient (Wildman–Crippen LogP) is 4.21. The lowest BCUT2D eigenvalue weighted by atomic mass is 10.0. The van der Waals surface area contributed by atoms with Gasteiger partial charge in [0, 0.05) is 11.9 Å². The number of carbonyl (C=O) groups is 1. The van der Waals surface area contributed by atoms with Crippen molar-refractivity contribution in [1.82, 2.24) is 9.88 Å². The summed E-state index contributed by atoms with van der Waals surface area (Å²) in [6.45, 7) is 5.24. The van der Waals surface area contributed by atoms with Gasteiger partial charge in [0.25, 0.3) is 5.91 Å². The SMILES string of the molecule is CC1CN(C(=O)c2cc(-c3cccs3)nc3ccccc23)C(C)CO1. The molecular formula is C20H20N2O2S. The number of hydrogen-bond donors (Lipinski definition) is 0. The molecule has 1 amide bonds. The molecule has 3 aromatic rings. The van der Waals surface area contributed by atoms with Gasteiger partial charge in [0.1, 0.15) is 0 Å². The van der Waals surface area contributed by atoms with Crippen molar-refractivity contribution in [2.45, 2.75) is 26.0 Å². The molecule has 2 unspecified atom stereocenters. The number of rotatable bonds is 2. The van der Waals surface area contributed by atoms with E-state index in [1.54, 1.807) is 11.3 Å². The van der Waals surface area contributed by atoms with Crippen LogP contribution in [-0.2, 0) is 4.74 Å². The first kappa shape index (κ1) is 16.2. The van der Waals surface area contributed by atoms with Gasteiger partial charge in [-0.3, -0.25) is 4.79 Å². The second-order valence-electron chi connectivity index (χ2n) is 6.50. The van der Waals surface area contributed by atoms with Gasteiger partial charge < -0.3 is 9.64 Å². The molecule has 1 fully saturated rings. The minimum absolute atomic E-state index is 0.0547. The number of ether oxygens (including phenoxy) is 1. The third kappa shape index (κ3) is 3.05. The molecule has 2 aromatic heterocycles. The molecule has 5 heteroatoms. The largest absolute Gasteiger partial charge is 0.375 e. The van der Waals surface area contributed by atoms with Crippen molar-refractivity contribution in [3.63, 3.8) is 0 Å². The molecule has 1 saturated heterocycles. The lowest BCUT2D eigenvalue weighted by molar-refractivity contribution is -0.0386. The van der Waals surface area contributed by atoms with Crippen LogP contribution in [0.3, 0.4) is 0 Å². The Labute approximate surface area is 151 Å². The molecule has 1 aromatic carbocycles. The highest BCUT2D eigenvalue weighted by atomic mass is 32.1. The lowest BCUT2D eigenvalue weighted by Crippen LogP contribution is -2.50. The summed E-state index contributed by atoms with van der Waals surface area (Å²) in [5.74, 6) is 0.0547. The molecule has 3 heterocycles. The highest BCUT2D eigenvalue weighted by molar-refractivity contribution is 7.13. The van der Waals surface area contributed by atoms with Crippen LogP contribution in [0.2, 0.25) is 0 Å². The standard InChI is InChI=1S/C20H20N2O2S/c1-13-12-24-14(2)11-22(13)20(23)16-10-18(19-8-5-9-25-19)21-17-7-4-3-6-15(16)17/h3-10,13-14H,11-12H2,1-2H3. The quantitative estimate of drug-likeness (QED) is 0.694. The van der Waals surface area contributed by atoms with Crippen molar-refractivity contribution in [1.29, 1.82) is 0 Å². The molecule has 0 aliphatic carbocycles. The Bertz CT molecular complexity index is 907. The molecule has 4 rings (SSSR count). The Balaban J connectivity index is 1.83. The predicted molar refractivity (Wildman–Crippen MR) is 101 cm³/mol. The molecule has 0 bridgehead atoms. The average molecular weight is 352 g/mol. The number of hydrogen-bond acceptors (Lipinski definition) is 4. The molecule has 2 atom stereocenters. The van der Waals surface area contributed by atoms with Crippen LogP contribution >= 0.6 is 11.3 Å². The van der Waals surface area contributed by atoms with Crippen molar-refractivity contribution in [2.75, 3.05) is 13.2 Å². The number of nitrogens with zero attached hydrogens (tertiary/aromatic N) is 2. The number of morpholine rings is 1. The van der Waals surface area contributed by atoms with Gasteiger partial charge in [-0.2, -0.15) is 0 Å². The highest BCUT2D eigenvalue weighted by Gasteiger charge is 2.29. The van der Waals surface area contributed by atoms with E-state index >= 15 is 0 Å². The summed E-state index contributed by atoms with van der Waals surface area (Å²) in [6, 6.07) is 13.9. The number of benzene rings is 1. The maximum Gasteiger partial charge on any atom is 0.255 e. The van der Waals surface area contributed by atoms with Crippen LogP contribution in [0.25, 0.3) is 21.5 Å². The van der Waals surface area contributed by atoms with E-state index in [2.05, 4.69) is 0 Å². The molecule has 0 saturated carbocycles. The molecule has 0 N–H and O–H groups in total. The number of amides is 1. The minimum atomic E-state index is 0.0547. The maximum absolute atomic E-state index is 13.3. The zero-order valence-corrected chi connectivity index (χ0v) is 15.1. The van der Waals surface area contributed by atoms with E-state index in [-0.39, 0.29) is 18.1 Å². The second-order valence-corrected chi connectivity index (χ2v) is 7.45. The van der Waals surface area contributed by atoms with Crippen molar-refractivity contribution in [3.05, 3.63) is 53.4 Å². The topological polar surface area (TPSA) is 42.4 Å². The fourth-order valence-electron chi connectivity index (χ4n) is 3.24. The summed E-state index contributed by atoms with van der Waals surface area (Å²) in [5, 5.41) is 2.93. The van der Waals surface area contributed by atoms with Crippen LogP contribution in [0.15, 0.2) is 47.8 Å². The second kappa shape index (κ2) is 6.58. The van der Waals surface area contributed by atoms with Crippen LogP contribution in [0, 0.1) is 0 Å². The van der Waals surface area contributed by atoms with Crippen molar-refractivity contribution < 1.29 is 9.53 Å². The Morgan fingerprint density at radius 2 is 2.08 bits per heavy atom. The molecule has 25 heavy (non-hydrogen) atoms. The Morgan fingerprint density at radius 1 is 1.24 bits per heavy atom. The summed E-state index contributed by atoms with van der Waals surface area (Å²) >= 11 is 1.63. The average Bonchev–Trinajstić information content (AvgIpc) is 3.17. The van der Waals surface area contributed by atoms with Gasteiger partial charge >= 0.3 is 0 Å². The molecule has 0 radical (unpaired) electrons. The zero-order valence-electron chi connectivity index (χ0n) is 14.3. The van der Waals surface area contributed by atoms with Gasteiger partial charge in [-0.1, -0.05) is 24.3 Å². The van der Waals surface area contributed by atoms with E-state index in [0.717, 1.165) is 27.0 Å². The third-order valence-electron chi connectivity index (χ3n) is 4.59. The van der Waals surface area contributed by atoms with E-state index in [1.165, 1.54) is 0 Å². The first-order chi connectivity index (χ1) is 12.1. The number of pyridine rings is 1. The first-order valence-corrected chi connectivity index (χ1v) is 9.37. The minimum Gasteiger partial charge on any atom is -0.375 e. The Hall–Kier alpha value is -2.24. The number of para-hydroxylation sites is 1. The van der Waals surface area contributed by atoms with Crippen molar-refractivity contribution in [2.24, 2.45) is 0 Å². The maximum atomic E-state index is 13.3. The van der Waals surface area contributed by atoms with Crippen LogP contribution in [-0.4, -0.2) is 41.1 Å². The smallest absolute Gasteiger partial charge is 0.255 e. The molecule has 1 aliphatic rings. The molecule has 0 spiro atoms. The third-order valence-corrected chi connectivity index (χ3v) is 5.48. The summed E-state index contributed by atoms with van der Waals surface area (Å²) in [7, 11) is 0. The van der Waals surface area contributed by atoms with Gasteiger partial charge in [-0.05, 0) is 37.4 Å². The normalized spacial score (nSPS) is 20.8. The first-order valence-electron chi connectivity index (χ1n) is 8.49. The van der Waals surface area contributed by atoms with E-state index in [4.69, 9.17) is 9.72 Å². The molecule has 128 valence electrons. The van der Waals surface area contributed by atoms with E-state index in [0.29, 0.717) is 13.2 Å². The highest BCUT2D eigenvalue weighted by Crippen LogP contribution is 2.29. The number of carbonyl (C=O) groups excluding carboxylic acids is 1. The molecule has 1 aliphatic heterocycles. The molecule has 4 nitrogen and oxygen atoms in total. The van der Waals surface area contributed by atoms with Crippen molar-refractivity contribution in [3.8, 4) is 10.6 Å². The summed E-state index contributed by atoms with van der Waals surface area (Å²) in [5.41, 5.74) is 2.42. The number of fused-ring (bicyclic) bond motifs is 1. The fraction of sp³-hybridized carbons (Fsp3) is 0.300. The fourth-order valence-corrected chi connectivity index (χ4v) is 3.93. The van der Waals surface area contributed by atoms with E-state index in [9.17, 15) is 4.79 Å². The van der Waals surface area contributed by atoms with Crippen molar-refractivity contribution >= 4 is 28.1 Å². The zero-order chi connectivity index (χ0) is 17.4. The van der Waals surface area contributed by atoms with E-state index < -0.39 is 0 Å². The van der Waals surface area contributed by atoms with Gasteiger partial charge in [0.2, 0.25) is 0 Å². The number of thiophene rings is 1. The molecular weight excluding hydrogens is 332 g/mol. The Morgan fingerprint density at radius 3 is 2.88 bits per heavy atom. The van der Waals surface area contributed by atoms with Gasteiger partial charge in [0.15, 0.2) is 0 Å². The van der Waals surface area contributed by atoms with Crippen LogP contribution in [0.1, 0.15) is 24.2 Å². The number of aromatic nitrogens is 1. The summed E-state index contributed by atoms with van der Waals surface area (Å²) in [4.78, 5) is 21.1. The summed E-state index contributed by atoms with van der Waals surface area (Å²) < 4.78 is 5.67. The monoisotopic (exact) mass is 352 g/mol. The van der Waals surface area contributed by atoms with Gasteiger partial charge in [-0.15, -0.1) is 11.3 Å².